The largest absolute Gasteiger partial charge is 0.325 e. The van der Waals surface area contributed by atoms with Crippen molar-refractivity contribution in [2.45, 2.75) is 30.8 Å². The molecular weight excluding hydrogens is 446 g/mol. The molecule has 1 heterocycles. The van der Waals surface area contributed by atoms with Crippen LogP contribution in [0.15, 0.2) is 58.6 Å². The van der Waals surface area contributed by atoms with Crippen molar-refractivity contribution in [3.05, 3.63) is 54.1 Å². The van der Waals surface area contributed by atoms with E-state index in [0.29, 0.717) is 29.6 Å². The van der Waals surface area contributed by atoms with E-state index in [9.17, 15) is 13.2 Å². The quantitative estimate of drug-likeness (QED) is 0.478. The summed E-state index contributed by atoms with van der Waals surface area (Å²) in [4.78, 5) is 12.5. The van der Waals surface area contributed by atoms with Crippen molar-refractivity contribution in [2.24, 2.45) is 7.05 Å². The number of hydrogen-bond donors (Lipinski definition) is 1. The fourth-order valence-electron chi connectivity index (χ4n) is 3.16. The molecule has 2 aromatic carbocycles. The molecule has 0 bridgehead atoms. The molecule has 0 saturated heterocycles. The number of nitrogens with zero attached hydrogens (tertiary/aromatic N) is 4. The second-order valence-electron chi connectivity index (χ2n) is 7.19. The van der Waals surface area contributed by atoms with E-state index in [0.717, 1.165) is 11.3 Å². The lowest BCUT2D eigenvalue weighted by Gasteiger charge is -2.18. The van der Waals surface area contributed by atoms with E-state index in [2.05, 4.69) is 15.5 Å². The van der Waals surface area contributed by atoms with Gasteiger partial charge in [0.25, 0.3) is 0 Å². The summed E-state index contributed by atoms with van der Waals surface area (Å²) < 4.78 is 28.9. The number of rotatable bonds is 9. The summed E-state index contributed by atoms with van der Waals surface area (Å²) in [6, 6.07) is 14.3. The van der Waals surface area contributed by atoms with Gasteiger partial charge in [0, 0.05) is 31.4 Å². The first kappa shape index (κ1) is 24.0. The molecule has 1 aromatic heterocycles. The zero-order valence-corrected chi connectivity index (χ0v) is 20.2. The van der Waals surface area contributed by atoms with E-state index in [1.807, 2.05) is 45.0 Å². The predicted molar refractivity (Wildman–Crippen MR) is 127 cm³/mol. The molecule has 0 aliphatic carbocycles. The number of amides is 1. The van der Waals surface area contributed by atoms with Gasteiger partial charge in [-0.3, -0.25) is 4.79 Å². The third-order valence-electron chi connectivity index (χ3n) is 4.94. The molecule has 0 aliphatic heterocycles. The molecule has 0 radical (unpaired) electrons. The van der Waals surface area contributed by atoms with E-state index in [-0.39, 0.29) is 16.6 Å². The number of carbonyl (C=O) groups is 1. The molecule has 0 fully saturated rings. The lowest BCUT2D eigenvalue weighted by atomic mass is 10.2. The van der Waals surface area contributed by atoms with Crippen LogP contribution in [0, 0.1) is 6.92 Å². The van der Waals surface area contributed by atoms with Crippen LogP contribution in [0.5, 0.6) is 0 Å². The van der Waals surface area contributed by atoms with Gasteiger partial charge in [0.05, 0.1) is 10.6 Å². The Bertz CT molecular complexity index is 1190. The van der Waals surface area contributed by atoms with Gasteiger partial charge in [-0.15, -0.1) is 10.2 Å². The number of nitrogens with one attached hydrogen (secondary N) is 1. The number of anilines is 1. The average Bonchev–Trinajstić information content (AvgIpc) is 3.15. The summed E-state index contributed by atoms with van der Waals surface area (Å²) in [5.41, 5.74) is 2.51. The second kappa shape index (κ2) is 10.3. The maximum Gasteiger partial charge on any atom is 0.243 e. The first-order chi connectivity index (χ1) is 15.3. The van der Waals surface area contributed by atoms with Crippen LogP contribution in [-0.4, -0.2) is 52.2 Å². The van der Waals surface area contributed by atoms with E-state index in [1.165, 1.54) is 16.1 Å². The Kier molecular flexibility index (Phi) is 7.70. The highest BCUT2D eigenvalue weighted by atomic mass is 32.2. The Morgan fingerprint density at radius 1 is 1.09 bits per heavy atom. The Morgan fingerprint density at radius 2 is 1.78 bits per heavy atom. The topological polar surface area (TPSA) is 97.2 Å². The molecule has 0 atom stereocenters. The lowest BCUT2D eigenvalue weighted by Crippen LogP contribution is -2.30. The van der Waals surface area contributed by atoms with Crippen LogP contribution in [0.3, 0.4) is 0 Å². The van der Waals surface area contributed by atoms with Crippen molar-refractivity contribution in [3.63, 3.8) is 0 Å². The van der Waals surface area contributed by atoms with Crippen LogP contribution in [0.25, 0.3) is 11.4 Å². The van der Waals surface area contributed by atoms with Crippen LogP contribution in [0.1, 0.15) is 19.4 Å². The van der Waals surface area contributed by atoms with Gasteiger partial charge in [-0.25, -0.2) is 8.42 Å². The van der Waals surface area contributed by atoms with Crippen LogP contribution in [0.4, 0.5) is 5.69 Å². The molecule has 1 amide bonds. The average molecular weight is 474 g/mol. The van der Waals surface area contributed by atoms with Crippen LogP contribution in [-0.2, 0) is 21.9 Å². The van der Waals surface area contributed by atoms with Crippen molar-refractivity contribution in [3.8, 4) is 11.4 Å². The maximum absolute atomic E-state index is 12.8. The van der Waals surface area contributed by atoms with E-state index in [1.54, 1.807) is 35.9 Å². The second-order valence-corrected chi connectivity index (χ2v) is 10.1. The predicted octanol–water partition coefficient (Wildman–Crippen LogP) is 3.55. The smallest absolute Gasteiger partial charge is 0.243 e. The summed E-state index contributed by atoms with van der Waals surface area (Å²) in [6.07, 6.45) is 0. The van der Waals surface area contributed by atoms with Gasteiger partial charge in [0.1, 0.15) is 0 Å². The van der Waals surface area contributed by atoms with Crippen LogP contribution in [0.2, 0.25) is 0 Å². The molecule has 0 aliphatic rings. The van der Waals surface area contributed by atoms with Crippen molar-refractivity contribution in [1.29, 1.82) is 0 Å². The number of benzene rings is 2. The summed E-state index contributed by atoms with van der Waals surface area (Å²) >= 11 is 1.27. The lowest BCUT2D eigenvalue weighted by molar-refractivity contribution is -0.113. The molecule has 170 valence electrons. The van der Waals surface area contributed by atoms with Crippen molar-refractivity contribution >= 4 is 33.4 Å². The molecule has 1 N–H and O–H groups in total. The zero-order valence-electron chi connectivity index (χ0n) is 18.6. The number of aromatic nitrogens is 3. The standard InChI is InChI=1S/C22H27N5O3S2/c1-5-27(6-2)32(29,30)19-9-7-8-17(14-19)21-24-25-22(26(21)4)31-15-20(28)23-18-12-10-16(3)11-13-18/h7-14H,5-6,15H2,1-4H3,(H,23,28). The molecule has 0 spiro atoms. The van der Waals surface area contributed by atoms with Crippen molar-refractivity contribution in [1.82, 2.24) is 19.1 Å². The molecule has 10 heteroatoms. The minimum atomic E-state index is -3.57. The highest BCUT2D eigenvalue weighted by molar-refractivity contribution is 7.99. The minimum absolute atomic E-state index is 0.143. The molecule has 3 rings (SSSR count). The van der Waals surface area contributed by atoms with Gasteiger partial charge in [0.15, 0.2) is 11.0 Å². The Balaban J connectivity index is 1.73. The highest BCUT2D eigenvalue weighted by Gasteiger charge is 2.23. The summed E-state index contributed by atoms with van der Waals surface area (Å²) in [5, 5.41) is 11.8. The first-order valence-corrected chi connectivity index (χ1v) is 12.7. The SMILES string of the molecule is CCN(CC)S(=O)(=O)c1cccc(-c2nnc(SCC(=O)Nc3ccc(C)cc3)n2C)c1. The third kappa shape index (κ3) is 5.37. The van der Waals surface area contributed by atoms with Gasteiger partial charge >= 0.3 is 0 Å². The molecule has 8 nitrogen and oxygen atoms in total. The summed E-state index contributed by atoms with van der Waals surface area (Å²) in [7, 11) is -1.78. The van der Waals surface area contributed by atoms with Gasteiger partial charge < -0.3 is 9.88 Å². The molecule has 3 aromatic rings. The van der Waals surface area contributed by atoms with Gasteiger partial charge in [0.2, 0.25) is 15.9 Å². The molecule has 0 saturated carbocycles. The normalized spacial score (nSPS) is 11.7. The highest BCUT2D eigenvalue weighted by Crippen LogP contribution is 2.26. The maximum atomic E-state index is 12.8. The minimum Gasteiger partial charge on any atom is -0.325 e. The van der Waals surface area contributed by atoms with Crippen LogP contribution < -0.4 is 5.32 Å². The number of hydrogen-bond acceptors (Lipinski definition) is 6. The van der Waals surface area contributed by atoms with Crippen LogP contribution >= 0.6 is 11.8 Å². The fourth-order valence-corrected chi connectivity index (χ4v) is 5.38. The van der Waals surface area contributed by atoms with Crippen molar-refractivity contribution < 1.29 is 13.2 Å². The monoisotopic (exact) mass is 473 g/mol. The number of carbonyl (C=O) groups excluding carboxylic acids is 1. The van der Waals surface area contributed by atoms with Gasteiger partial charge in [-0.1, -0.05) is 55.4 Å². The molecule has 32 heavy (non-hydrogen) atoms. The number of sulfonamides is 1. The van der Waals surface area contributed by atoms with E-state index in [4.69, 9.17) is 0 Å². The molecule has 0 unspecified atom stereocenters. The summed E-state index contributed by atoms with van der Waals surface area (Å²) in [6.45, 7) is 6.41. The van der Waals surface area contributed by atoms with E-state index < -0.39 is 10.0 Å². The molecular formula is C22H27N5O3S2. The van der Waals surface area contributed by atoms with E-state index >= 15 is 0 Å². The Morgan fingerprint density at radius 3 is 2.44 bits per heavy atom. The van der Waals surface area contributed by atoms with Gasteiger partial charge in [-0.2, -0.15) is 4.31 Å². The Hall–Kier alpha value is -2.69. The Labute approximate surface area is 193 Å². The number of aryl methyl sites for hydroxylation is 1. The fraction of sp³-hybridized carbons (Fsp3) is 0.318. The number of thioether (sulfide) groups is 1. The third-order valence-corrected chi connectivity index (χ3v) is 8.00. The van der Waals surface area contributed by atoms with Gasteiger partial charge in [-0.05, 0) is 31.2 Å². The first-order valence-electron chi connectivity index (χ1n) is 10.3. The summed E-state index contributed by atoms with van der Waals surface area (Å²) in [5.74, 6) is 0.565. The zero-order chi connectivity index (χ0) is 23.3. The van der Waals surface area contributed by atoms with Crippen molar-refractivity contribution in [2.75, 3.05) is 24.2 Å².